The van der Waals surface area contributed by atoms with Crippen LogP contribution in [0.3, 0.4) is 0 Å². The Kier molecular flexibility index (Phi) is 3.32. The van der Waals surface area contributed by atoms with Crippen molar-refractivity contribution in [1.29, 1.82) is 0 Å². The molecule has 0 aromatic rings. The van der Waals surface area contributed by atoms with Crippen molar-refractivity contribution in [3.8, 4) is 0 Å². The second-order valence-corrected chi connectivity index (χ2v) is 5.95. The molecule has 0 spiro atoms. The van der Waals surface area contributed by atoms with Crippen molar-refractivity contribution >= 4 is 17.5 Å². The number of fused-ring (bicyclic) bond motifs is 1. The Labute approximate surface area is 118 Å². The lowest BCUT2D eigenvalue weighted by Crippen LogP contribution is -2.43. The van der Waals surface area contributed by atoms with Gasteiger partial charge in [0.1, 0.15) is 0 Å². The molecule has 0 N–H and O–H groups in total. The molecule has 2 aliphatic heterocycles. The van der Waals surface area contributed by atoms with Gasteiger partial charge in [-0.3, -0.25) is 14.4 Å². The molecule has 3 rings (SSSR count). The molecule has 20 heavy (non-hydrogen) atoms. The topological polar surface area (TPSA) is 54.5 Å². The maximum Gasteiger partial charge on any atom is 0.223 e. The number of Topliss-reactive ketones (excluding diaryl/α,β-unsaturated/α-hetero) is 1. The van der Waals surface area contributed by atoms with Crippen LogP contribution in [0, 0.1) is 11.8 Å². The molecule has 106 valence electrons. The highest BCUT2D eigenvalue weighted by Gasteiger charge is 2.42. The third kappa shape index (κ3) is 2.03. The van der Waals surface area contributed by atoms with E-state index in [2.05, 4.69) is 0 Å². The molecule has 2 heterocycles. The first-order chi connectivity index (χ1) is 9.59. The Morgan fingerprint density at radius 2 is 2.15 bits per heavy atom. The van der Waals surface area contributed by atoms with Gasteiger partial charge in [0.05, 0.1) is 12.0 Å². The summed E-state index contributed by atoms with van der Waals surface area (Å²) < 4.78 is 0. The minimum absolute atomic E-state index is 0.0494. The summed E-state index contributed by atoms with van der Waals surface area (Å²) in [6.07, 6.45) is 8.03. The first-order valence-corrected chi connectivity index (χ1v) is 7.33. The van der Waals surface area contributed by atoms with Crippen LogP contribution < -0.4 is 0 Å². The molecule has 3 atom stereocenters. The quantitative estimate of drug-likeness (QED) is 0.719. The first-order valence-electron chi connectivity index (χ1n) is 7.33. The van der Waals surface area contributed by atoms with Gasteiger partial charge in [-0.15, -0.1) is 0 Å². The fourth-order valence-corrected chi connectivity index (χ4v) is 3.58. The normalized spacial score (nSPS) is 33.1. The Hall–Kier alpha value is -1.71. The monoisotopic (exact) mass is 273 g/mol. The van der Waals surface area contributed by atoms with Gasteiger partial charge in [-0.2, -0.15) is 0 Å². The number of carbonyl (C=O) groups excluding carboxylic acids is 3. The highest BCUT2D eigenvalue weighted by Crippen LogP contribution is 2.34. The van der Waals surface area contributed by atoms with Crippen LogP contribution >= 0.6 is 0 Å². The van der Waals surface area contributed by atoms with E-state index >= 15 is 0 Å². The van der Waals surface area contributed by atoms with Crippen LogP contribution in [-0.4, -0.2) is 35.0 Å². The molecule has 4 heteroatoms. The van der Waals surface area contributed by atoms with E-state index in [9.17, 15) is 14.4 Å². The fourth-order valence-electron chi connectivity index (χ4n) is 3.58. The van der Waals surface area contributed by atoms with Crippen LogP contribution in [-0.2, 0) is 14.4 Å². The summed E-state index contributed by atoms with van der Waals surface area (Å²) in [5.74, 6) is -0.515. The summed E-state index contributed by atoms with van der Waals surface area (Å²) in [4.78, 5) is 38.4. The van der Waals surface area contributed by atoms with Crippen LogP contribution in [0.15, 0.2) is 23.8 Å². The third-order valence-electron chi connectivity index (χ3n) is 4.65. The van der Waals surface area contributed by atoms with Crippen LogP contribution in [0.25, 0.3) is 0 Å². The molecule has 4 nitrogen and oxygen atoms in total. The summed E-state index contributed by atoms with van der Waals surface area (Å²) in [6.45, 7) is 2.65. The highest BCUT2D eigenvalue weighted by atomic mass is 16.2. The summed E-state index contributed by atoms with van der Waals surface area (Å²) in [6, 6.07) is -0.0883. The Morgan fingerprint density at radius 1 is 1.35 bits per heavy atom. The zero-order valence-electron chi connectivity index (χ0n) is 11.7. The van der Waals surface area contributed by atoms with E-state index in [1.807, 2.05) is 19.1 Å². The van der Waals surface area contributed by atoms with Gasteiger partial charge in [0.15, 0.2) is 11.6 Å². The predicted molar refractivity (Wildman–Crippen MR) is 73.9 cm³/mol. The number of hydrogen-bond acceptors (Lipinski definition) is 3. The number of nitrogens with zero attached hydrogens (tertiary/aromatic N) is 1. The number of ketones is 2. The average molecular weight is 273 g/mol. The van der Waals surface area contributed by atoms with E-state index in [1.165, 1.54) is 6.08 Å². The summed E-state index contributed by atoms with van der Waals surface area (Å²) in [5.41, 5.74) is 0.697. The maximum absolute atomic E-state index is 12.8. The van der Waals surface area contributed by atoms with Crippen LogP contribution in [0.1, 0.15) is 32.6 Å². The fraction of sp³-hybridized carbons (Fsp3) is 0.562. The standard InChI is InChI=1S/C16H19NO3/c1-10-4-2-6-13(18)15(10)16(20)11-5-3-9-17-12(11)7-8-14(17)19/h2,5-6,10,12,15H,3-4,7-9H2,1H3/t10-,12-,15+/m0/s1. The van der Waals surface area contributed by atoms with Crippen molar-refractivity contribution in [2.45, 2.75) is 38.6 Å². The van der Waals surface area contributed by atoms with Crippen LogP contribution in [0.5, 0.6) is 0 Å². The minimum atomic E-state index is -0.554. The van der Waals surface area contributed by atoms with Gasteiger partial charge >= 0.3 is 0 Å². The van der Waals surface area contributed by atoms with E-state index in [1.54, 1.807) is 4.90 Å². The lowest BCUT2D eigenvalue weighted by molar-refractivity contribution is -0.131. The summed E-state index contributed by atoms with van der Waals surface area (Å²) >= 11 is 0. The lowest BCUT2D eigenvalue weighted by Gasteiger charge is -2.32. The molecule has 0 radical (unpaired) electrons. The highest BCUT2D eigenvalue weighted by molar-refractivity contribution is 6.15. The average Bonchev–Trinajstić information content (AvgIpc) is 2.80. The second kappa shape index (κ2) is 5.00. The van der Waals surface area contributed by atoms with E-state index in [-0.39, 0.29) is 29.4 Å². The van der Waals surface area contributed by atoms with Crippen molar-refractivity contribution in [3.63, 3.8) is 0 Å². The number of amides is 1. The van der Waals surface area contributed by atoms with Crippen molar-refractivity contribution in [1.82, 2.24) is 4.90 Å². The number of hydrogen-bond donors (Lipinski definition) is 0. The van der Waals surface area contributed by atoms with Gasteiger partial charge in [-0.1, -0.05) is 19.1 Å². The van der Waals surface area contributed by atoms with Crippen molar-refractivity contribution in [2.24, 2.45) is 11.8 Å². The van der Waals surface area contributed by atoms with Gasteiger partial charge in [0, 0.05) is 18.5 Å². The van der Waals surface area contributed by atoms with Crippen LogP contribution in [0.4, 0.5) is 0 Å². The molecule has 0 aromatic heterocycles. The molecule has 3 aliphatic rings. The smallest absolute Gasteiger partial charge is 0.223 e. The van der Waals surface area contributed by atoms with Crippen molar-refractivity contribution in [3.05, 3.63) is 23.8 Å². The molecule has 1 aliphatic carbocycles. The van der Waals surface area contributed by atoms with Crippen molar-refractivity contribution in [2.75, 3.05) is 6.54 Å². The molecule has 0 aromatic carbocycles. The third-order valence-corrected chi connectivity index (χ3v) is 4.65. The lowest BCUT2D eigenvalue weighted by atomic mass is 9.76. The van der Waals surface area contributed by atoms with Crippen LogP contribution in [0.2, 0.25) is 0 Å². The van der Waals surface area contributed by atoms with Gasteiger partial charge < -0.3 is 4.90 Å². The van der Waals surface area contributed by atoms with E-state index in [4.69, 9.17) is 0 Å². The molecule has 1 saturated heterocycles. The number of carbonyl (C=O) groups is 3. The number of allylic oxidation sites excluding steroid dienone is 2. The Bertz CT molecular complexity index is 532. The molecule has 1 fully saturated rings. The Morgan fingerprint density at radius 3 is 2.90 bits per heavy atom. The van der Waals surface area contributed by atoms with E-state index in [0.29, 0.717) is 31.4 Å². The Balaban J connectivity index is 1.87. The van der Waals surface area contributed by atoms with E-state index < -0.39 is 5.92 Å². The molecular weight excluding hydrogens is 254 g/mol. The van der Waals surface area contributed by atoms with Gasteiger partial charge in [0.2, 0.25) is 5.91 Å². The zero-order chi connectivity index (χ0) is 14.3. The maximum atomic E-state index is 12.8. The largest absolute Gasteiger partial charge is 0.335 e. The van der Waals surface area contributed by atoms with Gasteiger partial charge in [0.25, 0.3) is 0 Å². The van der Waals surface area contributed by atoms with Gasteiger partial charge in [-0.25, -0.2) is 0 Å². The molecule has 0 saturated carbocycles. The van der Waals surface area contributed by atoms with Crippen molar-refractivity contribution < 1.29 is 14.4 Å². The second-order valence-electron chi connectivity index (χ2n) is 5.95. The summed E-state index contributed by atoms with van der Waals surface area (Å²) in [7, 11) is 0. The SMILES string of the molecule is C[C@H]1CC=CC(=O)[C@@H]1C(=O)C1=CCCN2C(=O)CC[C@@H]12. The molecule has 0 bridgehead atoms. The molecule has 1 amide bonds. The molecule has 0 unspecified atom stereocenters. The summed E-state index contributed by atoms with van der Waals surface area (Å²) in [5, 5.41) is 0. The predicted octanol–water partition coefficient (Wildman–Crippen LogP) is 1.66. The number of rotatable bonds is 2. The first kappa shape index (κ1) is 13.3. The minimum Gasteiger partial charge on any atom is -0.335 e. The zero-order valence-corrected chi connectivity index (χ0v) is 11.7. The van der Waals surface area contributed by atoms with E-state index in [0.717, 1.165) is 6.42 Å². The van der Waals surface area contributed by atoms with Gasteiger partial charge in [-0.05, 0) is 31.3 Å². The molecular formula is C16H19NO3.